The van der Waals surface area contributed by atoms with E-state index in [0.717, 1.165) is 6.42 Å². The third-order valence-electron chi connectivity index (χ3n) is 2.33. The van der Waals surface area contributed by atoms with Crippen molar-refractivity contribution in [1.29, 1.82) is 0 Å². The number of hydrogen-bond donors (Lipinski definition) is 2. The highest BCUT2D eigenvalue weighted by molar-refractivity contribution is 9.10. The molecule has 0 amide bonds. The van der Waals surface area contributed by atoms with Gasteiger partial charge >= 0.3 is 5.97 Å². The van der Waals surface area contributed by atoms with Crippen molar-refractivity contribution in [3.8, 4) is 0 Å². The third-order valence-corrected chi connectivity index (χ3v) is 3.70. The van der Waals surface area contributed by atoms with E-state index in [4.69, 9.17) is 5.11 Å². The first-order chi connectivity index (χ1) is 8.66. The van der Waals surface area contributed by atoms with Gasteiger partial charge in [0.1, 0.15) is 11.4 Å². The minimum Gasteiger partial charge on any atom is -0.478 e. The first-order valence-electron chi connectivity index (χ1n) is 5.32. The Labute approximate surface area is 117 Å². The molecular weight excluding hydrogens is 316 g/mol. The van der Waals surface area contributed by atoms with Crippen LogP contribution in [0.4, 0.5) is 5.82 Å². The van der Waals surface area contributed by atoms with E-state index in [9.17, 15) is 4.79 Å². The molecular formula is C12H11BrN2O2S. The lowest BCUT2D eigenvalue weighted by molar-refractivity contribution is 0.0697. The normalized spacial score (nSPS) is 10.3. The van der Waals surface area contributed by atoms with Crippen LogP contribution in [0, 0.1) is 0 Å². The van der Waals surface area contributed by atoms with Crippen LogP contribution in [-0.4, -0.2) is 22.6 Å². The van der Waals surface area contributed by atoms with Crippen molar-refractivity contribution < 1.29 is 9.90 Å². The summed E-state index contributed by atoms with van der Waals surface area (Å²) in [4.78, 5) is 16.4. The van der Waals surface area contributed by atoms with Gasteiger partial charge in [-0.1, -0.05) is 6.07 Å². The molecule has 0 aliphatic rings. The molecule has 0 bridgehead atoms. The molecule has 0 spiro atoms. The minimum atomic E-state index is -0.984. The fourth-order valence-electron chi connectivity index (χ4n) is 1.50. The first-order valence-corrected chi connectivity index (χ1v) is 6.99. The van der Waals surface area contributed by atoms with Crippen LogP contribution in [0.2, 0.25) is 0 Å². The average Bonchev–Trinajstić information content (AvgIpc) is 2.84. The summed E-state index contributed by atoms with van der Waals surface area (Å²) in [6, 6.07) is 5.60. The predicted molar refractivity (Wildman–Crippen MR) is 75.4 cm³/mol. The van der Waals surface area contributed by atoms with Crippen molar-refractivity contribution >= 4 is 39.1 Å². The van der Waals surface area contributed by atoms with Crippen molar-refractivity contribution in [1.82, 2.24) is 4.98 Å². The maximum Gasteiger partial charge on any atom is 0.339 e. The molecule has 6 heteroatoms. The number of thiophene rings is 1. The second-order valence-electron chi connectivity index (χ2n) is 3.61. The Morgan fingerprint density at radius 2 is 2.39 bits per heavy atom. The van der Waals surface area contributed by atoms with E-state index in [1.807, 2.05) is 11.4 Å². The number of carboxylic acids is 1. The molecule has 2 heterocycles. The zero-order chi connectivity index (χ0) is 13.0. The number of carbonyl (C=O) groups is 1. The van der Waals surface area contributed by atoms with Gasteiger partial charge in [-0.05, 0) is 39.9 Å². The fourth-order valence-corrected chi connectivity index (χ4v) is 2.54. The lowest BCUT2D eigenvalue weighted by Crippen LogP contribution is -2.10. The third kappa shape index (κ3) is 3.30. The summed E-state index contributed by atoms with van der Waals surface area (Å²) in [5.74, 6) is -0.579. The highest BCUT2D eigenvalue weighted by Gasteiger charge is 2.11. The zero-order valence-electron chi connectivity index (χ0n) is 9.39. The maximum atomic E-state index is 11.1. The van der Waals surface area contributed by atoms with Crippen LogP contribution in [0.1, 0.15) is 15.2 Å². The van der Waals surface area contributed by atoms with Crippen LogP contribution in [0.3, 0.4) is 0 Å². The highest BCUT2D eigenvalue weighted by Crippen LogP contribution is 2.18. The monoisotopic (exact) mass is 326 g/mol. The summed E-state index contributed by atoms with van der Waals surface area (Å²) in [5, 5.41) is 14.2. The Morgan fingerprint density at radius 3 is 3.06 bits per heavy atom. The van der Waals surface area contributed by atoms with Crippen LogP contribution >= 0.6 is 27.3 Å². The fraction of sp³-hybridized carbons (Fsp3) is 0.167. The van der Waals surface area contributed by atoms with E-state index in [1.54, 1.807) is 23.6 Å². The first kappa shape index (κ1) is 13.0. The largest absolute Gasteiger partial charge is 0.478 e. The zero-order valence-corrected chi connectivity index (χ0v) is 11.8. The van der Waals surface area contributed by atoms with Gasteiger partial charge in [-0.15, -0.1) is 11.3 Å². The standard InChI is InChI=1S/C12H11BrN2O2S/c13-8-6-10(12(16)17)11(15-7-8)14-4-3-9-2-1-5-18-9/h1-2,5-7H,3-4H2,(H,14,15)(H,16,17). The summed E-state index contributed by atoms with van der Waals surface area (Å²) in [6.07, 6.45) is 2.44. The Balaban J connectivity index is 2.02. The quantitative estimate of drug-likeness (QED) is 0.885. The van der Waals surface area contributed by atoms with Gasteiger partial charge in [0, 0.05) is 22.1 Å². The molecule has 0 unspecified atom stereocenters. The van der Waals surface area contributed by atoms with Gasteiger partial charge in [-0.2, -0.15) is 0 Å². The van der Waals surface area contributed by atoms with Gasteiger partial charge < -0.3 is 10.4 Å². The van der Waals surface area contributed by atoms with Gasteiger partial charge in [0.25, 0.3) is 0 Å². The van der Waals surface area contributed by atoms with E-state index >= 15 is 0 Å². The second-order valence-corrected chi connectivity index (χ2v) is 5.56. The molecule has 2 rings (SSSR count). The molecule has 0 aromatic carbocycles. The van der Waals surface area contributed by atoms with Crippen LogP contribution < -0.4 is 5.32 Å². The second kappa shape index (κ2) is 5.97. The molecule has 2 N–H and O–H groups in total. The number of rotatable bonds is 5. The molecule has 0 radical (unpaired) electrons. The molecule has 0 saturated carbocycles. The van der Waals surface area contributed by atoms with E-state index in [-0.39, 0.29) is 5.56 Å². The van der Waals surface area contributed by atoms with Crippen LogP contribution in [0.5, 0.6) is 0 Å². The van der Waals surface area contributed by atoms with Gasteiger partial charge in [0.2, 0.25) is 0 Å². The van der Waals surface area contributed by atoms with Crippen molar-refractivity contribution in [2.75, 3.05) is 11.9 Å². The Kier molecular flexibility index (Phi) is 4.33. The van der Waals surface area contributed by atoms with Gasteiger partial charge in [-0.25, -0.2) is 9.78 Å². The molecule has 18 heavy (non-hydrogen) atoms. The van der Waals surface area contributed by atoms with Crippen molar-refractivity contribution in [3.63, 3.8) is 0 Å². The number of pyridine rings is 1. The average molecular weight is 327 g/mol. The van der Waals surface area contributed by atoms with Gasteiger partial charge in [0.15, 0.2) is 0 Å². The smallest absolute Gasteiger partial charge is 0.339 e. The molecule has 0 aliphatic heterocycles. The number of nitrogens with one attached hydrogen (secondary N) is 1. The summed E-state index contributed by atoms with van der Waals surface area (Å²) in [7, 11) is 0. The number of nitrogens with zero attached hydrogens (tertiary/aromatic N) is 1. The summed E-state index contributed by atoms with van der Waals surface area (Å²) < 4.78 is 0.656. The molecule has 0 atom stereocenters. The Hall–Kier alpha value is -1.40. The van der Waals surface area contributed by atoms with E-state index in [2.05, 4.69) is 32.3 Å². The number of halogens is 1. The summed E-state index contributed by atoms with van der Waals surface area (Å²) in [6.45, 7) is 0.662. The van der Waals surface area contributed by atoms with Gasteiger partial charge in [0.05, 0.1) is 0 Å². The Bertz CT molecular complexity index is 543. The van der Waals surface area contributed by atoms with Crippen molar-refractivity contribution in [2.24, 2.45) is 0 Å². The van der Waals surface area contributed by atoms with E-state index in [1.165, 1.54) is 4.88 Å². The minimum absolute atomic E-state index is 0.176. The maximum absolute atomic E-state index is 11.1. The van der Waals surface area contributed by atoms with Crippen molar-refractivity contribution in [3.05, 3.63) is 44.7 Å². The molecule has 2 aromatic heterocycles. The predicted octanol–water partition coefficient (Wildman–Crippen LogP) is 3.26. The van der Waals surface area contributed by atoms with Crippen LogP contribution in [0.15, 0.2) is 34.2 Å². The molecule has 4 nitrogen and oxygen atoms in total. The number of anilines is 1. The Morgan fingerprint density at radius 1 is 1.56 bits per heavy atom. The molecule has 0 saturated heterocycles. The molecule has 0 aliphatic carbocycles. The lowest BCUT2D eigenvalue weighted by atomic mass is 10.2. The SMILES string of the molecule is O=C(O)c1cc(Br)cnc1NCCc1cccs1. The van der Waals surface area contributed by atoms with Crippen LogP contribution in [-0.2, 0) is 6.42 Å². The molecule has 2 aromatic rings. The highest BCUT2D eigenvalue weighted by atomic mass is 79.9. The van der Waals surface area contributed by atoms with Crippen molar-refractivity contribution in [2.45, 2.75) is 6.42 Å². The van der Waals surface area contributed by atoms with Gasteiger partial charge in [-0.3, -0.25) is 0 Å². The summed E-state index contributed by atoms with van der Waals surface area (Å²) in [5.41, 5.74) is 0.176. The number of carboxylic acid groups (broad SMARTS) is 1. The lowest BCUT2D eigenvalue weighted by Gasteiger charge is -2.08. The number of aromatic nitrogens is 1. The van der Waals surface area contributed by atoms with Crippen LogP contribution in [0.25, 0.3) is 0 Å². The number of hydrogen-bond acceptors (Lipinski definition) is 4. The molecule has 0 fully saturated rings. The topological polar surface area (TPSA) is 62.2 Å². The number of aromatic carboxylic acids is 1. The van der Waals surface area contributed by atoms with E-state index in [0.29, 0.717) is 16.8 Å². The summed E-state index contributed by atoms with van der Waals surface area (Å²) >= 11 is 4.90. The van der Waals surface area contributed by atoms with E-state index < -0.39 is 5.97 Å². The molecule has 94 valence electrons.